The number of rotatable bonds is 6. The fourth-order valence-corrected chi connectivity index (χ4v) is 3.47. The molecule has 0 saturated heterocycles. The number of methoxy groups -OCH3 is 1. The molecule has 0 aliphatic carbocycles. The summed E-state index contributed by atoms with van der Waals surface area (Å²) in [4.78, 5) is 12.7. The van der Waals surface area contributed by atoms with Gasteiger partial charge in [-0.15, -0.1) is 5.10 Å². The molecular weight excluding hydrogens is 400 g/mol. The van der Waals surface area contributed by atoms with Crippen molar-refractivity contribution in [2.24, 2.45) is 0 Å². The molecule has 6 nitrogen and oxygen atoms in total. The number of halogens is 1. The van der Waals surface area contributed by atoms with E-state index in [0.717, 1.165) is 22.4 Å². The Morgan fingerprint density at radius 2 is 1.93 bits per heavy atom. The first-order chi connectivity index (χ1) is 14.5. The van der Waals surface area contributed by atoms with E-state index in [1.807, 2.05) is 55.5 Å². The maximum absolute atomic E-state index is 12.7. The molecule has 1 heterocycles. The van der Waals surface area contributed by atoms with Gasteiger partial charge in [0.25, 0.3) is 5.91 Å². The summed E-state index contributed by atoms with van der Waals surface area (Å²) < 4.78 is 7.03. The first-order valence-electron chi connectivity index (χ1n) is 9.56. The Balaban J connectivity index is 1.54. The Morgan fingerprint density at radius 3 is 2.70 bits per heavy atom. The third-order valence-electron chi connectivity index (χ3n) is 5.00. The Labute approximate surface area is 179 Å². The van der Waals surface area contributed by atoms with E-state index in [1.54, 1.807) is 30.0 Å². The summed E-state index contributed by atoms with van der Waals surface area (Å²) in [5.41, 5.74) is 3.93. The fourth-order valence-electron chi connectivity index (χ4n) is 3.30. The third-order valence-corrected chi connectivity index (χ3v) is 5.37. The summed E-state index contributed by atoms with van der Waals surface area (Å²) in [5, 5.41) is 12.1. The van der Waals surface area contributed by atoms with Gasteiger partial charge < -0.3 is 10.1 Å². The molecular formula is C23H21ClN4O2. The smallest absolute Gasteiger partial charge is 0.251 e. The number of hydrogen-bond acceptors (Lipinski definition) is 4. The van der Waals surface area contributed by atoms with Crippen molar-refractivity contribution in [1.82, 2.24) is 20.3 Å². The number of carbonyl (C=O) groups excluding carboxylic acids is 1. The van der Waals surface area contributed by atoms with Crippen molar-refractivity contribution in [2.75, 3.05) is 7.11 Å². The van der Waals surface area contributed by atoms with Crippen LogP contribution in [-0.4, -0.2) is 28.0 Å². The van der Waals surface area contributed by atoms with Crippen LogP contribution in [0.5, 0.6) is 5.75 Å². The molecule has 0 unspecified atom stereocenters. The van der Waals surface area contributed by atoms with Crippen molar-refractivity contribution >= 4 is 28.5 Å². The van der Waals surface area contributed by atoms with Gasteiger partial charge in [-0.3, -0.25) is 4.79 Å². The zero-order valence-corrected chi connectivity index (χ0v) is 17.4. The predicted octanol–water partition coefficient (Wildman–Crippen LogP) is 4.63. The van der Waals surface area contributed by atoms with Crippen LogP contribution in [0, 0.1) is 0 Å². The maximum Gasteiger partial charge on any atom is 0.251 e. The van der Waals surface area contributed by atoms with E-state index in [2.05, 4.69) is 15.6 Å². The first-order valence-corrected chi connectivity index (χ1v) is 9.94. The molecule has 7 heteroatoms. The van der Waals surface area contributed by atoms with Crippen LogP contribution in [0.25, 0.3) is 11.0 Å². The number of fused-ring (bicyclic) bond motifs is 1. The number of amides is 1. The Bertz CT molecular complexity index is 1190. The minimum Gasteiger partial charge on any atom is -0.497 e. The monoisotopic (exact) mass is 420 g/mol. The number of nitrogens with zero attached hydrogens (tertiary/aromatic N) is 3. The molecule has 0 spiro atoms. The van der Waals surface area contributed by atoms with Crippen LogP contribution in [0.15, 0.2) is 66.7 Å². The molecule has 152 valence electrons. The quantitative estimate of drug-likeness (QED) is 0.493. The lowest BCUT2D eigenvalue weighted by Crippen LogP contribution is -2.26. The molecule has 1 aromatic heterocycles. The van der Waals surface area contributed by atoms with Crippen LogP contribution in [0.2, 0.25) is 5.02 Å². The summed E-state index contributed by atoms with van der Waals surface area (Å²) in [6.45, 7) is 2.41. The van der Waals surface area contributed by atoms with E-state index in [9.17, 15) is 4.79 Å². The molecule has 0 saturated carbocycles. The van der Waals surface area contributed by atoms with E-state index in [4.69, 9.17) is 16.3 Å². The Kier molecular flexibility index (Phi) is 5.68. The summed E-state index contributed by atoms with van der Waals surface area (Å²) >= 11 is 6.32. The van der Waals surface area contributed by atoms with Gasteiger partial charge in [-0.2, -0.15) is 0 Å². The van der Waals surface area contributed by atoms with Gasteiger partial charge in [0.15, 0.2) is 0 Å². The van der Waals surface area contributed by atoms with Crippen LogP contribution in [0.4, 0.5) is 0 Å². The largest absolute Gasteiger partial charge is 0.497 e. The lowest BCUT2D eigenvalue weighted by Gasteiger charge is -2.14. The van der Waals surface area contributed by atoms with Crippen LogP contribution in [-0.2, 0) is 6.54 Å². The van der Waals surface area contributed by atoms with Crippen molar-refractivity contribution in [3.05, 3.63) is 88.4 Å². The second-order valence-corrected chi connectivity index (χ2v) is 7.42. The molecule has 4 rings (SSSR count). The van der Waals surface area contributed by atoms with Crippen molar-refractivity contribution in [1.29, 1.82) is 0 Å². The highest BCUT2D eigenvalue weighted by Crippen LogP contribution is 2.24. The van der Waals surface area contributed by atoms with Gasteiger partial charge in [-0.1, -0.05) is 47.1 Å². The van der Waals surface area contributed by atoms with Gasteiger partial charge in [0.2, 0.25) is 0 Å². The summed E-state index contributed by atoms with van der Waals surface area (Å²) in [5.74, 6) is 0.573. The second-order valence-electron chi connectivity index (χ2n) is 7.01. The number of nitrogens with one attached hydrogen (secondary N) is 1. The Morgan fingerprint density at radius 1 is 1.13 bits per heavy atom. The molecule has 0 aliphatic rings. The average Bonchev–Trinajstić information content (AvgIpc) is 3.17. The highest BCUT2D eigenvalue weighted by atomic mass is 35.5. The zero-order chi connectivity index (χ0) is 21.1. The van der Waals surface area contributed by atoms with E-state index in [1.165, 1.54) is 0 Å². The summed E-state index contributed by atoms with van der Waals surface area (Å²) in [7, 11) is 1.61. The van der Waals surface area contributed by atoms with Gasteiger partial charge in [0.05, 0.1) is 25.2 Å². The van der Waals surface area contributed by atoms with Crippen molar-refractivity contribution < 1.29 is 9.53 Å². The molecule has 1 amide bonds. The maximum atomic E-state index is 12.7. The summed E-state index contributed by atoms with van der Waals surface area (Å²) in [6, 6.07) is 20.6. The van der Waals surface area contributed by atoms with Crippen molar-refractivity contribution in [3.8, 4) is 5.75 Å². The standard InChI is InChI=1S/C23H21ClN4O2/c1-15(16-6-4-3-5-7-16)25-23(29)17-8-11-22-21(13-17)26-27-28(22)14-18-12-19(30-2)9-10-20(18)24/h3-13,15H,14H2,1-2H3,(H,25,29)/t15-/m0/s1. The van der Waals surface area contributed by atoms with Gasteiger partial charge in [0.1, 0.15) is 11.3 Å². The van der Waals surface area contributed by atoms with Crippen LogP contribution >= 0.6 is 11.6 Å². The lowest BCUT2D eigenvalue weighted by atomic mass is 10.1. The van der Waals surface area contributed by atoms with Gasteiger partial charge in [-0.25, -0.2) is 4.68 Å². The molecule has 1 N–H and O–H groups in total. The van der Waals surface area contributed by atoms with Gasteiger partial charge in [0, 0.05) is 10.6 Å². The molecule has 0 bridgehead atoms. The molecule has 30 heavy (non-hydrogen) atoms. The SMILES string of the molecule is COc1ccc(Cl)c(Cn2nnc3cc(C(=O)N[C@@H](C)c4ccccc4)ccc32)c1. The van der Waals surface area contributed by atoms with Crippen LogP contribution < -0.4 is 10.1 Å². The molecule has 0 aliphatic heterocycles. The predicted molar refractivity (Wildman–Crippen MR) is 117 cm³/mol. The Hall–Kier alpha value is -3.38. The minimum atomic E-state index is -0.154. The zero-order valence-electron chi connectivity index (χ0n) is 16.7. The van der Waals surface area contributed by atoms with Gasteiger partial charge >= 0.3 is 0 Å². The van der Waals surface area contributed by atoms with Gasteiger partial charge in [-0.05, 0) is 54.4 Å². The highest BCUT2D eigenvalue weighted by Gasteiger charge is 2.14. The molecule has 3 aromatic carbocycles. The van der Waals surface area contributed by atoms with E-state index in [-0.39, 0.29) is 11.9 Å². The fraction of sp³-hybridized carbons (Fsp3) is 0.174. The topological polar surface area (TPSA) is 69.0 Å². The number of hydrogen-bond donors (Lipinski definition) is 1. The molecule has 0 radical (unpaired) electrons. The van der Waals surface area contributed by atoms with E-state index in [0.29, 0.717) is 22.6 Å². The number of carbonyl (C=O) groups is 1. The number of aromatic nitrogens is 3. The highest BCUT2D eigenvalue weighted by molar-refractivity contribution is 6.31. The second kappa shape index (κ2) is 8.55. The third kappa shape index (κ3) is 4.14. The molecule has 0 fully saturated rings. The van der Waals surface area contributed by atoms with Crippen LogP contribution in [0.3, 0.4) is 0 Å². The first kappa shape index (κ1) is 19.9. The normalized spacial score (nSPS) is 12.0. The minimum absolute atomic E-state index is 0.0970. The van der Waals surface area contributed by atoms with E-state index < -0.39 is 0 Å². The molecule has 1 atom stereocenters. The van der Waals surface area contributed by atoms with Crippen molar-refractivity contribution in [2.45, 2.75) is 19.5 Å². The lowest BCUT2D eigenvalue weighted by molar-refractivity contribution is 0.0940. The number of benzene rings is 3. The average molecular weight is 421 g/mol. The van der Waals surface area contributed by atoms with Crippen LogP contribution in [0.1, 0.15) is 34.5 Å². The number of ether oxygens (including phenoxy) is 1. The molecule has 4 aromatic rings. The van der Waals surface area contributed by atoms with Crippen molar-refractivity contribution in [3.63, 3.8) is 0 Å². The summed E-state index contributed by atoms with van der Waals surface area (Å²) in [6.07, 6.45) is 0. The van der Waals surface area contributed by atoms with E-state index >= 15 is 0 Å².